The first kappa shape index (κ1) is 22.4. The topological polar surface area (TPSA) is 77.0 Å². The van der Waals surface area contributed by atoms with Crippen molar-refractivity contribution in [3.05, 3.63) is 64.4 Å². The van der Waals surface area contributed by atoms with Crippen molar-refractivity contribution in [1.29, 1.82) is 0 Å². The van der Waals surface area contributed by atoms with Gasteiger partial charge in [0.15, 0.2) is 5.82 Å². The summed E-state index contributed by atoms with van der Waals surface area (Å²) >= 11 is 12.2. The van der Waals surface area contributed by atoms with Crippen LogP contribution in [-0.4, -0.2) is 31.4 Å². The van der Waals surface area contributed by atoms with E-state index in [4.69, 9.17) is 28.9 Å². The lowest BCUT2D eigenvalue weighted by molar-refractivity contribution is -0.131. The van der Waals surface area contributed by atoms with Crippen LogP contribution in [0.15, 0.2) is 48.8 Å². The van der Waals surface area contributed by atoms with E-state index < -0.39 is 0 Å². The zero-order valence-electron chi connectivity index (χ0n) is 18.1. The van der Waals surface area contributed by atoms with Crippen molar-refractivity contribution in [2.45, 2.75) is 45.8 Å². The number of nitrogen functional groups attached to an aromatic ring is 1. The molecule has 0 fully saturated rings. The maximum absolute atomic E-state index is 12.3. The number of rotatable bonds is 7. The van der Waals surface area contributed by atoms with Crippen LogP contribution in [-0.2, 0) is 17.9 Å². The number of aryl methyl sites for hydroxylation is 1. The van der Waals surface area contributed by atoms with Gasteiger partial charge in [-0.15, -0.1) is 0 Å². The van der Waals surface area contributed by atoms with Gasteiger partial charge in [0.25, 0.3) is 0 Å². The zero-order valence-corrected chi connectivity index (χ0v) is 19.6. The summed E-state index contributed by atoms with van der Waals surface area (Å²) in [7, 11) is 0. The minimum Gasteiger partial charge on any atom is -0.382 e. The highest BCUT2D eigenvalue weighted by Crippen LogP contribution is 2.27. The Morgan fingerprint density at radius 2 is 1.91 bits per heavy atom. The SMILES string of the molecule is CC(=O)N(Cc1cc(Cl)cc(Cl)c1)[C@@H](C)CCCn1cnc2c(N)nc3ccccc3c21. The third kappa shape index (κ3) is 4.66. The number of hydrogen-bond donors (Lipinski definition) is 1. The van der Waals surface area contributed by atoms with E-state index in [2.05, 4.69) is 21.5 Å². The molecule has 1 atom stereocenters. The van der Waals surface area contributed by atoms with Crippen LogP contribution in [0, 0.1) is 0 Å². The minimum absolute atomic E-state index is 0.0199. The Bertz CT molecular complexity index is 1270. The third-order valence-electron chi connectivity index (χ3n) is 5.71. The molecule has 0 spiro atoms. The molecule has 8 heteroatoms. The molecule has 0 radical (unpaired) electrons. The number of nitrogens with two attached hydrogens (primary N) is 1. The number of halogens is 2. The van der Waals surface area contributed by atoms with Crippen molar-refractivity contribution >= 4 is 56.9 Å². The second-order valence-corrected chi connectivity index (χ2v) is 8.94. The highest BCUT2D eigenvalue weighted by molar-refractivity contribution is 6.34. The van der Waals surface area contributed by atoms with E-state index in [0.717, 1.165) is 46.9 Å². The van der Waals surface area contributed by atoms with Crippen molar-refractivity contribution in [3.8, 4) is 0 Å². The summed E-state index contributed by atoms with van der Waals surface area (Å²) in [6.45, 7) is 4.89. The van der Waals surface area contributed by atoms with Gasteiger partial charge in [-0.05, 0) is 49.6 Å². The van der Waals surface area contributed by atoms with Crippen LogP contribution in [0.3, 0.4) is 0 Å². The Balaban J connectivity index is 1.48. The molecule has 0 unspecified atom stereocenters. The van der Waals surface area contributed by atoms with E-state index in [0.29, 0.717) is 22.4 Å². The normalized spacial score (nSPS) is 12.4. The molecule has 0 aliphatic heterocycles. The number of nitrogens with zero attached hydrogens (tertiary/aromatic N) is 4. The van der Waals surface area contributed by atoms with E-state index in [1.807, 2.05) is 47.6 Å². The molecule has 6 nitrogen and oxygen atoms in total. The Kier molecular flexibility index (Phi) is 6.53. The van der Waals surface area contributed by atoms with Crippen LogP contribution in [0.2, 0.25) is 10.0 Å². The number of pyridine rings is 1. The van der Waals surface area contributed by atoms with Gasteiger partial charge in [0.05, 0.1) is 17.4 Å². The van der Waals surface area contributed by atoms with Gasteiger partial charge < -0.3 is 15.2 Å². The van der Waals surface area contributed by atoms with Crippen LogP contribution in [0.4, 0.5) is 5.82 Å². The Labute approximate surface area is 196 Å². The second-order valence-electron chi connectivity index (χ2n) is 8.07. The number of fused-ring (bicyclic) bond motifs is 3. The van der Waals surface area contributed by atoms with Crippen molar-refractivity contribution in [2.24, 2.45) is 0 Å². The second kappa shape index (κ2) is 9.35. The summed E-state index contributed by atoms with van der Waals surface area (Å²) in [6.07, 6.45) is 3.53. The lowest BCUT2D eigenvalue weighted by Crippen LogP contribution is -2.36. The summed E-state index contributed by atoms with van der Waals surface area (Å²) in [6, 6.07) is 13.4. The summed E-state index contributed by atoms with van der Waals surface area (Å²) in [5.74, 6) is 0.459. The average molecular weight is 470 g/mol. The van der Waals surface area contributed by atoms with Gasteiger partial charge in [-0.1, -0.05) is 41.4 Å². The van der Waals surface area contributed by atoms with Gasteiger partial charge in [-0.3, -0.25) is 4.79 Å². The molecule has 0 aliphatic carbocycles. The van der Waals surface area contributed by atoms with Crippen molar-refractivity contribution in [1.82, 2.24) is 19.4 Å². The number of carbonyl (C=O) groups is 1. The highest BCUT2D eigenvalue weighted by atomic mass is 35.5. The fourth-order valence-electron chi connectivity index (χ4n) is 4.17. The Hall–Kier alpha value is -2.83. The number of aromatic nitrogens is 3. The quantitative estimate of drug-likeness (QED) is 0.377. The summed E-state index contributed by atoms with van der Waals surface area (Å²) in [4.78, 5) is 23.1. The monoisotopic (exact) mass is 469 g/mol. The molecule has 4 rings (SSSR count). The maximum atomic E-state index is 12.3. The summed E-state index contributed by atoms with van der Waals surface area (Å²) in [5.41, 5.74) is 9.62. The van der Waals surface area contributed by atoms with Crippen LogP contribution in [0.1, 0.15) is 32.3 Å². The molecule has 2 N–H and O–H groups in total. The molecule has 2 aromatic heterocycles. The third-order valence-corrected chi connectivity index (χ3v) is 6.15. The molecule has 2 aromatic carbocycles. The Morgan fingerprint density at radius 3 is 2.62 bits per heavy atom. The molecule has 0 saturated carbocycles. The van der Waals surface area contributed by atoms with Gasteiger partial charge in [0.2, 0.25) is 5.91 Å². The minimum atomic E-state index is 0.0199. The molecule has 2 heterocycles. The molecule has 0 saturated heterocycles. The molecule has 0 bridgehead atoms. The molecular weight excluding hydrogens is 445 g/mol. The molecule has 166 valence electrons. The molecule has 4 aromatic rings. The van der Waals surface area contributed by atoms with Gasteiger partial charge in [0, 0.05) is 41.5 Å². The molecule has 1 amide bonds. The fraction of sp³-hybridized carbons (Fsp3) is 0.292. The summed E-state index contributed by atoms with van der Waals surface area (Å²) in [5, 5.41) is 2.17. The maximum Gasteiger partial charge on any atom is 0.219 e. The van der Waals surface area contributed by atoms with Crippen molar-refractivity contribution < 1.29 is 4.79 Å². The van der Waals surface area contributed by atoms with E-state index in [1.54, 1.807) is 13.0 Å². The zero-order chi connectivity index (χ0) is 22.8. The lowest BCUT2D eigenvalue weighted by Gasteiger charge is -2.28. The molecule has 0 aliphatic rings. The first-order valence-electron chi connectivity index (χ1n) is 10.5. The van der Waals surface area contributed by atoms with E-state index in [9.17, 15) is 4.79 Å². The van der Waals surface area contributed by atoms with Crippen LogP contribution < -0.4 is 5.73 Å². The number of amides is 1. The van der Waals surface area contributed by atoms with Crippen LogP contribution >= 0.6 is 23.2 Å². The highest BCUT2D eigenvalue weighted by Gasteiger charge is 2.18. The van der Waals surface area contributed by atoms with Gasteiger partial charge in [0.1, 0.15) is 5.52 Å². The van der Waals surface area contributed by atoms with Gasteiger partial charge >= 0.3 is 0 Å². The van der Waals surface area contributed by atoms with Gasteiger partial charge in [-0.2, -0.15) is 0 Å². The number of anilines is 1. The predicted octanol–water partition coefficient (Wildman–Crippen LogP) is 5.69. The summed E-state index contributed by atoms with van der Waals surface area (Å²) < 4.78 is 2.12. The molecular formula is C24H25Cl2N5O. The number of para-hydroxylation sites is 1. The fourth-order valence-corrected chi connectivity index (χ4v) is 4.74. The van der Waals surface area contributed by atoms with Crippen LogP contribution in [0.25, 0.3) is 21.9 Å². The first-order chi connectivity index (χ1) is 15.3. The number of benzene rings is 2. The standard InChI is InChI=1S/C24H25Cl2N5O/c1-15(31(16(2)32)13-17-10-18(25)12-19(26)11-17)6-5-9-30-14-28-22-23(30)20-7-3-4-8-21(20)29-24(22)27/h3-4,7-8,10-12,14-15H,5-6,9,13H2,1-2H3,(H2,27,29)/t15-/m0/s1. The van der Waals surface area contributed by atoms with E-state index in [1.165, 1.54) is 0 Å². The molecule has 32 heavy (non-hydrogen) atoms. The smallest absolute Gasteiger partial charge is 0.219 e. The number of imidazole rings is 1. The van der Waals surface area contributed by atoms with E-state index in [-0.39, 0.29) is 11.9 Å². The Morgan fingerprint density at radius 1 is 1.19 bits per heavy atom. The van der Waals surface area contributed by atoms with Crippen LogP contribution in [0.5, 0.6) is 0 Å². The van der Waals surface area contributed by atoms with Crippen molar-refractivity contribution in [2.75, 3.05) is 5.73 Å². The first-order valence-corrected chi connectivity index (χ1v) is 11.3. The lowest BCUT2D eigenvalue weighted by atomic mass is 10.1. The largest absolute Gasteiger partial charge is 0.382 e. The van der Waals surface area contributed by atoms with E-state index >= 15 is 0 Å². The number of hydrogen-bond acceptors (Lipinski definition) is 4. The van der Waals surface area contributed by atoms with Gasteiger partial charge in [-0.25, -0.2) is 9.97 Å². The number of carbonyl (C=O) groups excluding carboxylic acids is 1. The average Bonchev–Trinajstić information content (AvgIpc) is 3.16. The predicted molar refractivity (Wildman–Crippen MR) is 131 cm³/mol. The van der Waals surface area contributed by atoms with Crippen molar-refractivity contribution in [3.63, 3.8) is 0 Å².